The lowest BCUT2D eigenvalue weighted by Crippen LogP contribution is -2.33. The van der Waals surface area contributed by atoms with Gasteiger partial charge in [0, 0.05) is 24.2 Å². The summed E-state index contributed by atoms with van der Waals surface area (Å²) in [5.74, 6) is -0.220. The predicted octanol–water partition coefficient (Wildman–Crippen LogP) is 1.80. The topological polar surface area (TPSA) is 97.2 Å². The first-order chi connectivity index (χ1) is 11.2. The van der Waals surface area contributed by atoms with Crippen LogP contribution in [0.2, 0.25) is 0 Å². The number of rotatable bonds is 1. The van der Waals surface area contributed by atoms with Crippen molar-refractivity contribution in [3.63, 3.8) is 0 Å². The third-order valence-corrected chi connectivity index (χ3v) is 4.10. The molecule has 0 bridgehead atoms. The lowest BCUT2D eigenvalue weighted by molar-refractivity contribution is 0.151. The van der Waals surface area contributed by atoms with Crippen LogP contribution in [0.15, 0.2) is 63.9 Å². The number of hydrogen-bond acceptors (Lipinski definition) is 6. The van der Waals surface area contributed by atoms with Gasteiger partial charge in [0.15, 0.2) is 12.0 Å². The molecule has 4 rings (SSSR count). The molecule has 112 valence electrons. The van der Waals surface area contributed by atoms with Gasteiger partial charge in [-0.25, -0.2) is 0 Å². The van der Waals surface area contributed by atoms with E-state index in [1.54, 1.807) is 18.6 Å². The highest BCUT2D eigenvalue weighted by atomic mass is 16.5. The molecule has 0 saturated carbocycles. The van der Waals surface area contributed by atoms with Crippen molar-refractivity contribution in [1.82, 2.24) is 9.97 Å². The van der Waals surface area contributed by atoms with E-state index in [2.05, 4.69) is 21.0 Å². The fourth-order valence-corrected chi connectivity index (χ4v) is 3.10. The van der Waals surface area contributed by atoms with E-state index in [9.17, 15) is 5.26 Å². The molecule has 23 heavy (non-hydrogen) atoms. The Hall–Kier alpha value is -3.20. The summed E-state index contributed by atoms with van der Waals surface area (Å²) in [6.07, 6.45) is 10.5. The Labute approximate surface area is 133 Å². The number of nitrogens with zero attached hydrogens (tertiary/aromatic N) is 4. The Morgan fingerprint density at radius 1 is 1.26 bits per heavy atom. The maximum atomic E-state index is 9.54. The highest BCUT2D eigenvalue weighted by molar-refractivity contribution is 5.81. The van der Waals surface area contributed by atoms with Crippen molar-refractivity contribution >= 4 is 6.21 Å². The monoisotopic (exact) mass is 303 g/mol. The summed E-state index contributed by atoms with van der Waals surface area (Å²) in [5.41, 5.74) is 10.6. The fourth-order valence-electron chi connectivity index (χ4n) is 3.10. The highest BCUT2D eigenvalue weighted by Crippen LogP contribution is 2.44. The van der Waals surface area contributed by atoms with E-state index in [1.807, 2.05) is 25.2 Å². The molecule has 1 aromatic rings. The minimum Gasteiger partial charge on any atom is -0.466 e. The Bertz CT molecular complexity index is 898. The van der Waals surface area contributed by atoms with Gasteiger partial charge >= 0.3 is 0 Å². The van der Waals surface area contributed by atoms with Crippen molar-refractivity contribution in [3.05, 3.63) is 70.3 Å². The van der Waals surface area contributed by atoms with Crippen LogP contribution in [0.5, 0.6) is 0 Å². The maximum Gasteiger partial charge on any atom is 0.200 e. The van der Waals surface area contributed by atoms with E-state index in [4.69, 9.17) is 10.5 Å². The van der Waals surface area contributed by atoms with Crippen LogP contribution in [0.1, 0.15) is 17.3 Å². The molecule has 0 fully saturated rings. The molecule has 2 N–H and O–H groups in total. The van der Waals surface area contributed by atoms with Crippen LogP contribution in [0.25, 0.3) is 0 Å². The van der Waals surface area contributed by atoms with Crippen molar-refractivity contribution in [2.24, 2.45) is 10.7 Å². The summed E-state index contributed by atoms with van der Waals surface area (Å²) < 4.78 is 5.82. The normalized spacial score (nSPS) is 24.8. The number of aliphatic imine (C=N–C) groups is 1. The van der Waals surface area contributed by atoms with Gasteiger partial charge < -0.3 is 10.5 Å². The number of fused-ring (bicyclic) bond motifs is 3. The molecule has 3 aliphatic rings. The van der Waals surface area contributed by atoms with E-state index in [0.29, 0.717) is 11.3 Å². The van der Waals surface area contributed by atoms with Crippen molar-refractivity contribution in [1.29, 1.82) is 5.26 Å². The van der Waals surface area contributed by atoms with Gasteiger partial charge in [0.1, 0.15) is 11.6 Å². The van der Waals surface area contributed by atoms with Gasteiger partial charge in [-0.05, 0) is 24.6 Å². The highest BCUT2D eigenvalue weighted by Gasteiger charge is 2.41. The Kier molecular flexibility index (Phi) is 2.88. The Morgan fingerprint density at radius 2 is 2.13 bits per heavy atom. The summed E-state index contributed by atoms with van der Waals surface area (Å²) in [4.78, 5) is 13.0. The number of aromatic nitrogens is 2. The lowest BCUT2D eigenvalue weighted by atomic mass is 9.79. The number of nitriles is 1. The molecule has 1 aromatic heterocycles. The summed E-state index contributed by atoms with van der Waals surface area (Å²) in [6, 6.07) is 2.16. The van der Waals surface area contributed by atoms with Gasteiger partial charge in [-0.3, -0.25) is 15.0 Å². The van der Waals surface area contributed by atoms with Crippen LogP contribution in [-0.4, -0.2) is 22.3 Å². The SMILES string of the molecule is Cc1cncc(C2C3=CC=C4N=CC=C4C3OC(N)=C2C#N)n1. The molecule has 6 heteroatoms. The van der Waals surface area contributed by atoms with Crippen LogP contribution in [0.3, 0.4) is 0 Å². The van der Waals surface area contributed by atoms with E-state index >= 15 is 0 Å². The van der Waals surface area contributed by atoms with Gasteiger partial charge in [-0.1, -0.05) is 6.08 Å². The third kappa shape index (κ3) is 1.98. The quantitative estimate of drug-likeness (QED) is 0.853. The molecule has 2 atom stereocenters. The molecule has 0 amide bonds. The fraction of sp³-hybridized carbons (Fsp3) is 0.176. The van der Waals surface area contributed by atoms with Gasteiger partial charge in [0.05, 0.1) is 23.0 Å². The third-order valence-electron chi connectivity index (χ3n) is 4.10. The van der Waals surface area contributed by atoms with Crippen molar-refractivity contribution in [2.45, 2.75) is 18.9 Å². The first-order valence-corrected chi connectivity index (χ1v) is 7.20. The summed E-state index contributed by atoms with van der Waals surface area (Å²) in [5, 5.41) is 9.54. The molecule has 0 spiro atoms. The van der Waals surface area contributed by atoms with Crippen LogP contribution in [0.4, 0.5) is 0 Å². The first-order valence-electron chi connectivity index (χ1n) is 7.20. The minimum absolute atomic E-state index is 0.136. The van der Waals surface area contributed by atoms with Gasteiger partial charge in [-0.2, -0.15) is 5.26 Å². The lowest BCUT2D eigenvalue weighted by Gasteiger charge is -2.35. The maximum absolute atomic E-state index is 9.54. The summed E-state index contributed by atoms with van der Waals surface area (Å²) in [7, 11) is 0. The van der Waals surface area contributed by atoms with Crippen LogP contribution in [-0.2, 0) is 4.74 Å². The molecular weight excluding hydrogens is 290 g/mol. The van der Waals surface area contributed by atoms with Crippen LogP contribution in [0, 0.1) is 18.3 Å². The second-order valence-corrected chi connectivity index (χ2v) is 5.52. The number of allylic oxidation sites excluding steroid dienone is 4. The number of nitrogens with two attached hydrogens (primary N) is 1. The van der Waals surface area contributed by atoms with Gasteiger partial charge in [0.2, 0.25) is 0 Å². The second-order valence-electron chi connectivity index (χ2n) is 5.52. The van der Waals surface area contributed by atoms with Gasteiger partial charge in [-0.15, -0.1) is 0 Å². The molecule has 2 unspecified atom stereocenters. The average molecular weight is 303 g/mol. The molecule has 2 aliphatic heterocycles. The summed E-state index contributed by atoms with van der Waals surface area (Å²) in [6.45, 7) is 1.87. The molecular formula is C17H13N5O. The minimum atomic E-state index is -0.356. The van der Waals surface area contributed by atoms with E-state index in [0.717, 1.165) is 22.5 Å². The number of aryl methyl sites for hydroxylation is 1. The number of ether oxygens (including phenoxy) is 1. The standard InChI is InChI=1S/C17H13N5O/c1-9-7-20-8-14(22-9)15-11-2-3-13-10(4-5-21-13)16(11)23-17(19)12(15)6-18/h2-5,7-8,15-16H,19H2,1H3. The number of hydrogen-bond donors (Lipinski definition) is 1. The van der Waals surface area contributed by atoms with E-state index in [1.165, 1.54) is 0 Å². The van der Waals surface area contributed by atoms with Crippen molar-refractivity contribution < 1.29 is 4.74 Å². The predicted molar refractivity (Wildman–Crippen MR) is 84.0 cm³/mol. The molecule has 0 saturated heterocycles. The van der Waals surface area contributed by atoms with Crippen molar-refractivity contribution in [3.8, 4) is 6.07 Å². The summed E-state index contributed by atoms with van der Waals surface area (Å²) >= 11 is 0. The van der Waals surface area contributed by atoms with Crippen LogP contribution < -0.4 is 5.73 Å². The van der Waals surface area contributed by atoms with Gasteiger partial charge in [0.25, 0.3) is 0 Å². The zero-order valence-corrected chi connectivity index (χ0v) is 12.4. The smallest absolute Gasteiger partial charge is 0.200 e. The van der Waals surface area contributed by atoms with Crippen LogP contribution >= 0.6 is 0 Å². The Morgan fingerprint density at radius 3 is 2.91 bits per heavy atom. The molecule has 0 radical (unpaired) electrons. The largest absolute Gasteiger partial charge is 0.466 e. The molecule has 3 heterocycles. The molecule has 0 aromatic carbocycles. The molecule has 6 nitrogen and oxygen atoms in total. The Balaban J connectivity index is 1.91. The zero-order valence-electron chi connectivity index (χ0n) is 12.4. The average Bonchev–Trinajstić information content (AvgIpc) is 3.02. The second kappa shape index (κ2) is 4.92. The zero-order chi connectivity index (χ0) is 16.0. The van der Waals surface area contributed by atoms with E-state index < -0.39 is 0 Å². The van der Waals surface area contributed by atoms with E-state index in [-0.39, 0.29) is 17.9 Å². The first kappa shape index (κ1) is 13.5. The molecule has 1 aliphatic carbocycles. The van der Waals surface area contributed by atoms with Crippen molar-refractivity contribution in [2.75, 3.05) is 0 Å².